The van der Waals surface area contributed by atoms with Crippen molar-refractivity contribution < 1.29 is 14.5 Å². The standard InChI is InChI=1S/C18H18N2O4/c1-4-9-24-18(21)15(11-16-12(2)10-13(3)19-16)14-7-5-6-8-17(14)20(22)23/h4-8,10-11,19H,1,9H2,2-3H3/b15-11+. The van der Waals surface area contributed by atoms with Gasteiger partial charge in [-0.05, 0) is 37.6 Å². The van der Waals surface area contributed by atoms with E-state index >= 15 is 0 Å². The summed E-state index contributed by atoms with van der Waals surface area (Å²) in [6.45, 7) is 7.31. The molecule has 6 nitrogen and oxygen atoms in total. The number of para-hydroxylation sites is 1. The molecule has 0 bridgehead atoms. The van der Waals surface area contributed by atoms with E-state index in [4.69, 9.17) is 4.74 Å². The number of benzene rings is 1. The second-order valence-electron chi connectivity index (χ2n) is 5.27. The topological polar surface area (TPSA) is 85.2 Å². The number of esters is 1. The molecule has 2 aromatic rings. The first-order chi connectivity index (χ1) is 11.4. The van der Waals surface area contributed by atoms with Gasteiger partial charge in [0.2, 0.25) is 0 Å². The van der Waals surface area contributed by atoms with Crippen molar-refractivity contribution in [1.29, 1.82) is 0 Å². The number of aromatic nitrogens is 1. The Bertz CT molecular complexity index is 818. The quantitative estimate of drug-likeness (QED) is 0.287. The molecule has 2 rings (SSSR count). The van der Waals surface area contributed by atoms with Gasteiger partial charge in [0.15, 0.2) is 0 Å². The van der Waals surface area contributed by atoms with Crippen molar-refractivity contribution in [2.45, 2.75) is 13.8 Å². The summed E-state index contributed by atoms with van der Waals surface area (Å²) in [5.74, 6) is -0.643. The molecule has 0 aliphatic rings. The number of rotatable bonds is 6. The van der Waals surface area contributed by atoms with Crippen LogP contribution in [-0.4, -0.2) is 22.5 Å². The molecule has 0 aliphatic carbocycles. The van der Waals surface area contributed by atoms with Crippen LogP contribution in [0.2, 0.25) is 0 Å². The van der Waals surface area contributed by atoms with Crippen LogP contribution in [0, 0.1) is 24.0 Å². The summed E-state index contributed by atoms with van der Waals surface area (Å²) < 4.78 is 5.10. The predicted molar refractivity (Wildman–Crippen MR) is 92.4 cm³/mol. The first-order valence-electron chi connectivity index (χ1n) is 7.33. The number of H-pyrrole nitrogens is 1. The van der Waals surface area contributed by atoms with Gasteiger partial charge >= 0.3 is 5.97 Å². The Morgan fingerprint density at radius 1 is 1.38 bits per heavy atom. The van der Waals surface area contributed by atoms with Gasteiger partial charge in [0, 0.05) is 17.5 Å². The molecule has 6 heteroatoms. The minimum Gasteiger partial charge on any atom is -0.458 e. The van der Waals surface area contributed by atoms with Crippen LogP contribution in [0.1, 0.15) is 22.5 Å². The molecule has 0 spiro atoms. The Morgan fingerprint density at radius 2 is 2.08 bits per heavy atom. The van der Waals surface area contributed by atoms with E-state index in [0.717, 1.165) is 11.3 Å². The summed E-state index contributed by atoms with van der Waals surface area (Å²) in [6, 6.07) is 8.01. The molecular formula is C18H18N2O4. The number of hydrogen-bond donors (Lipinski definition) is 1. The van der Waals surface area contributed by atoms with E-state index in [1.165, 1.54) is 18.2 Å². The van der Waals surface area contributed by atoms with Crippen molar-refractivity contribution in [2.24, 2.45) is 0 Å². The van der Waals surface area contributed by atoms with Crippen molar-refractivity contribution >= 4 is 23.3 Å². The third-order valence-corrected chi connectivity index (χ3v) is 3.42. The highest BCUT2D eigenvalue weighted by Crippen LogP contribution is 2.29. The van der Waals surface area contributed by atoms with Gasteiger partial charge in [-0.1, -0.05) is 24.8 Å². The highest BCUT2D eigenvalue weighted by molar-refractivity contribution is 6.22. The summed E-state index contributed by atoms with van der Waals surface area (Å²) in [7, 11) is 0. The first kappa shape index (κ1) is 17.2. The normalized spacial score (nSPS) is 11.2. The fraction of sp³-hybridized carbons (Fsp3) is 0.167. The lowest BCUT2D eigenvalue weighted by atomic mass is 10.0. The molecule has 0 saturated heterocycles. The van der Waals surface area contributed by atoms with Gasteiger partial charge in [-0.2, -0.15) is 0 Å². The summed E-state index contributed by atoms with van der Waals surface area (Å²) in [5, 5.41) is 11.3. The number of nitrogens with zero attached hydrogens (tertiary/aromatic N) is 1. The van der Waals surface area contributed by atoms with E-state index < -0.39 is 10.9 Å². The maximum Gasteiger partial charge on any atom is 0.339 e. The Labute approximate surface area is 139 Å². The lowest BCUT2D eigenvalue weighted by Gasteiger charge is -2.08. The fourth-order valence-corrected chi connectivity index (χ4v) is 2.36. The molecule has 124 valence electrons. The van der Waals surface area contributed by atoms with Gasteiger partial charge in [-0.3, -0.25) is 10.1 Å². The maximum atomic E-state index is 12.4. The van der Waals surface area contributed by atoms with Crippen LogP contribution >= 0.6 is 0 Å². The monoisotopic (exact) mass is 326 g/mol. The number of ether oxygens (including phenoxy) is 1. The summed E-state index contributed by atoms with van der Waals surface area (Å²) in [5.41, 5.74) is 2.74. The van der Waals surface area contributed by atoms with Crippen LogP contribution in [0.5, 0.6) is 0 Å². The first-order valence-corrected chi connectivity index (χ1v) is 7.33. The van der Waals surface area contributed by atoms with Crippen LogP contribution in [0.4, 0.5) is 5.69 Å². The molecule has 0 radical (unpaired) electrons. The molecule has 0 amide bonds. The van der Waals surface area contributed by atoms with Gasteiger partial charge in [0.25, 0.3) is 5.69 Å². The molecule has 1 aromatic heterocycles. The number of nitro benzene ring substituents is 1. The zero-order chi connectivity index (χ0) is 17.7. The van der Waals surface area contributed by atoms with E-state index in [1.807, 2.05) is 19.9 Å². The molecule has 1 heterocycles. The zero-order valence-electron chi connectivity index (χ0n) is 13.5. The fourth-order valence-electron chi connectivity index (χ4n) is 2.36. The second kappa shape index (κ2) is 7.41. The number of carbonyl (C=O) groups excluding carboxylic acids is 1. The van der Waals surface area contributed by atoms with Crippen LogP contribution in [0.3, 0.4) is 0 Å². The van der Waals surface area contributed by atoms with E-state index in [-0.39, 0.29) is 23.4 Å². The molecular weight excluding hydrogens is 308 g/mol. The van der Waals surface area contributed by atoms with Crippen LogP contribution in [0.25, 0.3) is 11.6 Å². The van der Waals surface area contributed by atoms with Crippen LogP contribution in [0.15, 0.2) is 43.0 Å². The zero-order valence-corrected chi connectivity index (χ0v) is 13.5. The number of nitro groups is 1. The molecule has 1 aromatic carbocycles. The lowest BCUT2D eigenvalue weighted by molar-refractivity contribution is -0.385. The Balaban J connectivity index is 2.60. The van der Waals surface area contributed by atoms with Gasteiger partial charge in [0.05, 0.1) is 16.1 Å². The number of nitrogens with one attached hydrogen (secondary N) is 1. The summed E-state index contributed by atoms with van der Waals surface area (Å²) in [6.07, 6.45) is 3.02. The Morgan fingerprint density at radius 3 is 2.67 bits per heavy atom. The van der Waals surface area contributed by atoms with E-state index in [2.05, 4.69) is 11.6 Å². The smallest absolute Gasteiger partial charge is 0.339 e. The SMILES string of the molecule is C=CCOC(=O)/C(=C/c1[nH]c(C)cc1C)c1ccccc1[N+](=O)[O-]. The van der Waals surface area contributed by atoms with Crippen molar-refractivity contribution in [3.05, 3.63) is 75.6 Å². The minimum atomic E-state index is -0.643. The van der Waals surface area contributed by atoms with Crippen molar-refractivity contribution in [3.63, 3.8) is 0 Å². The average Bonchev–Trinajstić information content (AvgIpc) is 2.87. The molecule has 24 heavy (non-hydrogen) atoms. The molecule has 0 aliphatic heterocycles. The number of hydrogen-bond acceptors (Lipinski definition) is 4. The maximum absolute atomic E-state index is 12.4. The molecule has 0 unspecified atom stereocenters. The summed E-state index contributed by atoms with van der Waals surface area (Å²) in [4.78, 5) is 26.3. The Kier molecular flexibility index (Phi) is 5.31. The third kappa shape index (κ3) is 3.78. The minimum absolute atomic E-state index is 0.0273. The van der Waals surface area contributed by atoms with Crippen molar-refractivity contribution in [3.8, 4) is 0 Å². The summed E-state index contributed by atoms with van der Waals surface area (Å²) >= 11 is 0. The highest BCUT2D eigenvalue weighted by atomic mass is 16.6. The number of carbonyl (C=O) groups is 1. The predicted octanol–water partition coefficient (Wildman–Crippen LogP) is 3.81. The van der Waals surface area contributed by atoms with Crippen molar-refractivity contribution in [2.75, 3.05) is 6.61 Å². The Hall–Kier alpha value is -3.15. The number of aryl methyl sites for hydroxylation is 2. The van der Waals surface area contributed by atoms with Crippen LogP contribution < -0.4 is 0 Å². The third-order valence-electron chi connectivity index (χ3n) is 3.42. The second-order valence-corrected chi connectivity index (χ2v) is 5.27. The van der Waals surface area contributed by atoms with E-state index in [9.17, 15) is 14.9 Å². The van der Waals surface area contributed by atoms with E-state index in [0.29, 0.717) is 5.69 Å². The van der Waals surface area contributed by atoms with E-state index in [1.54, 1.807) is 18.2 Å². The highest BCUT2D eigenvalue weighted by Gasteiger charge is 2.23. The molecule has 0 fully saturated rings. The van der Waals surface area contributed by atoms with Gasteiger partial charge in [0.1, 0.15) is 6.61 Å². The van der Waals surface area contributed by atoms with Gasteiger partial charge < -0.3 is 9.72 Å². The molecule has 1 N–H and O–H groups in total. The van der Waals surface area contributed by atoms with Gasteiger partial charge in [-0.15, -0.1) is 0 Å². The molecule has 0 atom stereocenters. The number of aromatic amines is 1. The lowest BCUT2D eigenvalue weighted by Crippen LogP contribution is -2.09. The average molecular weight is 326 g/mol. The van der Waals surface area contributed by atoms with Crippen molar-refractivity contribution in [1.82, 2.24) is 4.98 Å². The molecule has 0 saturated carbocycles. The van der Waals surface area contributed by atoms with Gasteiger partial charge in [-0.25, -0.2) is 4.79 Å². The largest absolute Gasteiger partial charge is 0.458 e. The van der Waals surface area contributed by atoms with Crippen LogP contribution in [-0.2, 0) is 9.53 Å².